The summed E-state index contributed by atoms with van der Waals surface area (Å²) in [5, 5.41) is 14.2. The molecule has 0 aromatic heterocycles. The van der Waals surface area contributed by atoms with Crippen LogP contribution in [0.1, 0.15) is 26.7 Å². The fraction of sp³-hybridized carbons (Fsp3) is 0.462. The Labute approximate surface area is 122 Å². The number of benzene rings is 1. The molecule has 1 atom stereocenters. The van der Waals surface area contributed by atoms with Gasteiger partial charge in [0.2, 0.25) is 0 Å². The highest BCUT2D eigenvalue weighted by atomic mass is 35.5. The van der Waals surface area contributed by atoms with E-state index in [-0.39, 0.29) is 18.0 Å². The molecule has 0 saturated heterocycles. The van der Waals surface area contributed by atoms with Crippen LogP contribution in [0, 0.1) is 10.1 Å². The molecule has 0 spiro atoms. The van der Waals surface area contributed by atoms with Crippen molar-refractivity contribution in [2.24, 2.45) is 0 Å². The van der Waals surface area contributed by atoms with Gasteiger partial charge in [0.15, 0.2) is 0 Å². The summed E-state index contributed by atoms with van der Waals surface area (Å²) in [4.78, 5) is 22.3. The lowest BCUT2D eigenvalue weighted by atomic mass is 10.1. The molecule has 0 amide bonds. The first-order chi connectivity index (χ1) is 9.49. The second-order valence-corrected chi connectivity index (χ2v) is 4.59. The Morgan fingerprint density at radius 2 is 2.20 bits per heavy atom. The van der Waals surface area contributed by atoms with E-state index >= 15 is 0 Å². The van der Waals surface area contributed by atoms with Gasteiger partial charge < -0.3 is 10.1 Å². The van der Waals surface area contributed by atoms with Crippen molar-refractivity contribution in [2.75, 3.05) is 11.9 Å². The van der Waals surface area contributed by atoms with E-state index in [2.05, 4.69) is 5.32 Å². The quantitative estimate of drug-likeness (QED) is 0.474. The van der Waals surface area contributed by atoms with Crippen LogP contribution in [0.15, 0.2) is 18.2 Å². The van der Waals surface area contributed by atoms with Crippen LogP contribution < -0.4 is 5.32 Å². The Balaban J connectivity index is 3.00. The van der Waals surface area contributed by atoms with Crippen LogP contribution in [-0.4, -0.2) is 23.5 Å². The number of halogens is 1. The van der Waals surface area contributed by atoms with Crippen molar-refractivity contribution in [1.29, 1.82) is 0 Å². The lowest BCUT2D eigenvalue weighted by Crippen LogP contribution is -2.31. The highest BCUT2D eigenvalue weighted by Crippen LogP contribution is 2.28. The summed E-state index contributed by atoms with van der Waals surface area (Å²) in [5.74, 6) is -0.427. The topological polar surface area (TPSA) is 81.5 Å². The lowest BCUT2D eigenvalue weighted by Gasteiger charge is -2.17. The van der Waals surface area contributed by atoms with Crippen LogP contribution in [0.2, 0.25) is 5.02 Å². The lowest BCUT2D eigenvalue weighted by molar-refractivity contribution is -0.384. The van der Waals surface area contributed by atoms with Crippen LogP contribution in [0.3, 0.4) is 0 Å². The third-order valence-electron chi connectivity index (χ3n) is 2.63. The van der Waals surface area contributed by atoms with Crippen molar-refractivity contribution in [2.45, 2.75) is 32.7 Å². The Kier molecular flexibility index (Phi) is 6.24. The van der Waals surface area contributed by atoms with Crippen molar-refractivity contribution in [3.05, 3.63) is 33.3 Å². The smallest absolute Gasteiger partial charge is 0.328 e. The van der Waals surface area contributed by atoms with Gasteiger partial charge in [0.1, 0.15) is 11.7 Å². The number of hydrogen-bond donors (Lipinski definition) is 1. The second-order valence-electron chi connectivity index (χ2n) is 4.16. The average Bonchev–Trinajstić information content (AvgIpc) is 2.38. The summed E-state index contributed by atoms with van der Waals surface area (Å²) in [6.07, 6.45) is 1.26. The minimum atomic E-state index is -0.628. The second kappa shape index (κ2) is 7.69. The molecule has 1 rings (SSSR count). The molecule has 0 heterocycles. The first-order valence-electron chi connectivity index (χ1n) is 6.36. The standard InChI is InChI=1S/C13H17ClN2O4/c1-3-5-10(13(17)20-4-2)15-11-8-9(14)6-7-12(11)16(18)19/h6-8,10,15H,3-5H2,1-2H3/t10-/m0/s1. The molecule has 0 bridgehead atoms. The molecule has 7 heteroatoms. The number of nitrogens with one attached hydrogen (secondary N) is 1. The summed E-state index contributed by atoms with van der Waals surface area (Å²) in [5.41, 5.74) is 0.0915. The molecule has 1 aromatic rings. The van der Waals surface area contributed by atoms with Gasteiger partial charge in [-0.2, -0.15) is 0 Å². The van der Waals surface area contributed by atoms with Crippen molar-refractivity contribution >= 4 is 28.9 Å². The third kappa shape index (κ3) is 4.38. The number of nitro benzene ring substituents is 1. The van der Waals surface area contributed by atoms with Crippen LogP contribution in [0.4, 0.5) is 11.4 Å². The first-order valence-corrected chi connectivity index (χ1v) is 6.74. The van der Waals surface area contributed by atoms with Crippen LogP contribution >= 0.6 is 11.6 Å². The molecule has 0 fully saturated rings. The van der Waals surface area contributed by atoms with E-state index in [0.29, 0.717) is 11.4 Å². The number of carbonyl (C=O) groups excluding carboxylic acids is 1. The molecule has 0 radical (unpaired) electrons. The summed E-state index contributed by atoms with van der Waals surface area (Å²) < 4.78 is 4.96. The average molecular weight is 301 g/mol. The number of rotatable bonds is 7. The van der Waals surface area contributed by atoms with Gasteiger partial charge in [0, 0.05) is 11.1 Å². The van der Waals surface area contributed by atoms with Crippen molar-refractivity contribution in [1.82, 2.24) is 0 Å². The maximum absolute atomic E-state index is 11.8. The number of ether oxygens (including phenoxy) is 1. The summed E-state index contributed by atoms with van der Waals surface area (Å²) in [6.45, 7) is 3.89. The highest BCUT2D eigenvalue weighted by Gasteiger charge is 2.23. The van der Waals surface area contributed by atoms with Crippen molar-refractivity contribution in [3.63, 3.8) is 0 Å². The van der Waals surface area contributed by atoms with Crippen LogP contribution in [-0.2, 0) is 9.53 Å². The zero-order chi connectivity index (χ0) is 15.1. The number of esters is 1. The normalized spacial score (nSPS) is 11.8. The number of nitrogens with zero attached hydrogens (tertiary/aromatic N) is 1. The first kappa shape index (κ1) is 16.2. The molecule has 1 N–H and O–H groups in total. The minimum absolute atomic E-state index is 0.125. The molecule has 110 valence electrons. The van der Waals surface area contributed by atoms with E-state index in [9.17, 15) is 14.9 Å². The van der Waals surface area contributed by atoms with Gasteiger partial charge in [0.05, 0.1) is 11.5 Å². The number of anilines is 1. The van der Waals surface area contributed by atoms with Gasteiger partial charge >= 0.3 is 5.97 Å². The molecular weight excluding hydrogens is 284 g/mol. The van der Waals surface area contributed by atoms with Gasteiger partial charge in [-0.15, -0.1) is 0 Å². The molecule has 0 aliphatic heterocycles. The number of nitro groups is 1. The largest absolute Gasteiger partial charge is 0.464 e. The van der Waals surface area contributed by atoms with Gasteiger partial charge in [0.25, 0.3) is 5.69 Å². The minimum Gasteiger partial charge on any atom is -0.464 e. The molecule has 0 aliphatic carbocycles. The molecule has 1 aromatic carbocycles. The highest BCUT2D eigenvalue weighted by molar-refractivity contribution is 6.31. The molecule has 0 saturated carbocycles. The Morgan fingerprint density at radius 3 is 2.75 bits per heavy atom. The number of hydrogen-bond acceptors (Lipinski definition) is 5. The van der Waals surface area contributed by atoms with E-state index in [4.69, 9.17) is 16.3 Å². The molecule has 0 aliphatic rings. The fourth-order valence-corrected chi connectivity index (χ4v) is 1.92. The molecule has 20 heavy (non-hydrogen) atoms. The van der Waals surface area contributed by atoms with Gasteiger partial charge in [-0.05, 0) is 25.5 Å². The third-order valence-corrected chi connectivity index (χ3v) is 2.87. The van der Waals surface area contributed by atoms with Crippen LogP contribution in [0.25, 0.3) is 0 Å². The molecular formula is C13H17ClN2O4. The zero-order valence-electron chi connectivity index (χ0n) is 11.4. The monoisotopic (exact) mass is 300 g/mol. The van der Waals surface area contributed by atoms with E-state index in [1.807, 2.05) is 6.92 Å². The van der Waals surface area contributed by atoms with Gasteiger partial charge in [-0.25, -0.2) is 4.79 Å². The summed E-state index contributed by atoms with van der Waals surface area (Å²) >= 11 is 5.84. The summed E-state index contributed by atoms with van der Waals surface area (Å²) in [6, 6.07) is 3.54. The Bertz CT molecular complexity index is 493. The maximum Gasteiger partial charge on any atom is 0.328 e. The van der Waals surface area contributed by atoms with E-state index < -0.39 is 16.9 Å². The van der Waals surface area contributed by atoms with E-state index in [0.717, 1.165) is 6.42 Å². The predicted molar refractivity (Wildman–Crippen MR) is 77.1 cm³/mol. The Morgan fingerprint density at radius 1 is 1.50 bits per heavy atom. The fourth-order valence-electron chi connectivity index (χ4n) is 1.75. The molecule has 0 unspecified atom stereocenters. The van der Waals surface area contributed by atoms with Gasteiger partial charge in [-0.1, -0.05) is 24.9 Å². The van der Waals surface area contributed by atoms with Crippen molar-refractivity contribution in [3.8, 4) is 0 Å². The van der Waals surface area contributed by atoms with Crippen molar-refractivity contribution < 1.29 is 14.5 Å². The zero-order valence-corrected chi connectivity index (χ0v) is 12.1. The predicted octanol–water partition coefficient (Wildman–Crippen LogP) is 3.39. The maximum atomic E-state index is 11.8. The molecule has 6 nitrogen and oxygen atoms in total. The number of carbonyl (C=O) groups is 1. The summed E-state index contributed by atoms with van der Waals surface area (Å²) in [7, 11) is 0. The van der Waals surface area contributed by atoms with Gasteiger partial charge in [-0.3, -0.25) is 10.1 Å². The van der Waals surface area contributed by atoms with E-state index in [1.54, 1.807) is 6.92 Å². The Hall–Kier alpha value is -1.82. The van der Waals surface area contributed by atoms with Crippen LogP contribution in [0.5, 0.6) is 0 Å². The van der Waals surface area contributed by atoms with E-state index in [1.165, 1.54) is 18.2 Å². The SMILES string of the molecule is CCC[C@H](Nc1cc(Cl)ccc1[N+](=O)[O-])C(=O)OCC.